The molecule has 0 aliphatic rings. The number of methoxy groups -OCH3 is 2. The molecule has 4 aromatic rings. The smallest absolute Gasteiger partial charge is 0.261 e. The number of aromatic nitrogens is 2. The Morgan fingerprint density at radius 3 is 2.22 bits per heavy atom. The fourth-order valence-corrected chi connectivity index (χ4v) is 3.77. The van der Waals surface area contributed by atoms with Crippen molar-refractivity contribution in [3.8, 4) is 11.5 Å². The van der Waals surface area contributed by atoms with E-state index in [4.69, 9.17) is 9.47 Å². The Hall–Kier alpha value is -4.66. The van der Waals surface area contributed by atoms with Gasteiger partial charge in [0.25, 0.3) is 11.5 Å². The lowest BCUT2D eigenvalue weighted by Crippen LogP contribution is -2.21. The molecule has 2 N–H and O–H groups in total. The van der Waals surface area contributed by atoms with Crippen LogP contribution >= 0.6 is 0 Å². The van der Waals surface area contributed by atoms with Crippen LogP contribution < -0.4 is 25.7 Å². The van der Waals surface area contributed by atoms with Gasteiger partial charge < -0.3 is 20.1 Å². The minimum absolute atomic E-state index is 0.138. The number of para-hydroxylation sites is 1. The van der Waals surface area contributed by atoms with Gasteiger partial charge in [0, 0.05) is 30.7 Å². The van der Waals surface area contributed by atoms with Gasteiger partial charge in [-0.3, -0.25) is 19.0 Å². The third-order valence-electron chi connectivity index (χ3n) is 5.61. The van der Waals surface area contributed by atoms with E-state index in [1.807, 2.05) is 12.1 Å². The fraction of sp³-hybridized carbons (Fsp3) is 0.185. The number of aryl methyl sites for hydroxylation is 1. The fourth-order valence-electron chi connectivity index (χ4n) is 3.77. The van der Waals surface area contributed by atoms with Gasteiger partial charge in [0.15, 0.2) is 0 Å². The Morgan fingerprint density at radius 1 is 0.889 bits per heavy atom. The first-order chi connectivity index (χ1) is 17.5. The number of ether oxygens (including phenoxy) is 2. The topological polar surface area (TPSA) is 112 Å². The molecular weight excluding hydrogens is 460 g/mol. The SMILES string of the molecule is COc1cc(NC(=O)c2ccccc2)c(OC)cc1NC(=O)CCCn1cnc2ccccc2c1=O. The molecule has 0 atom stereocenters. The first kappa shape index (κ1) is 24.5. The van der Waals surface area contributed by atoms with Gasteiger partial charge in [0.2, 0.25) is 5.91 Å². The summed E-state index contributed by atoms with van der Waals surface area (Å²) in [6.45, 7) is 0.356. The van der Waals surface area contributed by atoms with Gasteiger partial charge in [-0.05, 0) is 30.7 Å². The number of anilines is 2. The lowest BCUT2D eigenvalue weighted by molar-refractivity contribution is -0.116. The average molecular weight is 487 g/mol. The Balaban J connectivity index is 1.42. The molecule has 0 saturated heterocycles. The van der Waals surface area contributed by atoms with Gasteiger partial charge in [-0.15, -0.1) is 0 Å². The van der Waals surface area contributed by atoms with Gasteiger partial charge in [-0.25, -0.2) is 4.98 Å². The van der Waals surface area contributed by atoms with Crippen LogP contribution in [0.1, 0.15) is 23.2 Å². The van der Waals surface area contributed by atoms with Crippen molar-refractivity contribution in [1.29, 1.82) is 0 Å². The first-order valence-corrected chi connectivity index (χ1v) is 11.4. The summed E-state index contributed by atoms with van der Waals surface area (Å²) in [5.41, 5.74) is 1.81. The summed E-state index contributed by atoms with van der Waals surface area (Å²) < 4.78 is 12.4. The van der Waals surface area contributed by atoms with E-state index in [2.05, 4.69) is 15.6 Å². The molecule has 0 aliphatic carbocycles. The van der Waals surface area contributed by atoms with E-state index in [1.165, 1.54) is 25.1 Å². The highest BCUT2D eigenvalue weighted by atomic mass is 16.5. The van der Waals surface area contributed by atoms with Gasteiger partial charge in [0.05, 0.1) is 42.8 Å². The highest BCUT2D eigenvalue weighted by Crippen LogP contribution is 2.36. The molecule has 3 aromatic carbocycles. The molecule has 1 aromatic heterocycles. The molecule has 4 rings (SSSR count). The molecule has 0 bridgehead atoms. The van der Waals surface area contributed by atoms with Crippen molar-refractivity contribution < 1.29 is 19.1 Å². The highest BCUT2D eigenvalue weighted by Gasteiger charge is 2.16. The normalized spacial score (nSPS) is 10.6. The second-order valence-corrected chi connectivity index (χ2v) is 7.98. The van der Waals surface area contributed by atoms with Crippen LogP contribution in [0.4, 0.5) is 11.4 Å². The summed E-state index contributed by atoms with van der Waals surface area (Å²) >= 11 is 0. The predicted molar refractivity (Wildman–Crippen MR) is 138 cm³/mol. The molecule has 9 nitrogen and oxygen atoms in total. The summed E-state index contributed by atoms with van der Waals surface area (Å²) in [5, 5.41) is 6.17. The highest BCUT2D eigenvalue weighted by molar-refractivity contribution is 6.05. The largest absolute Gasteiger partial charge is 0.494 e. The number of fused-ring (bicyclic) bond motifs is 1. The summed E-state index contributed by atoms with van der Waals surface area (Å²) in [4.78, 5) is 42.1. The summed E-state index contributed by atoms with van der Waals surface area (Å²) in [7, 11) is 2.94. The number of carbonyl (C=O) groups is 2. The Kier molecular flexibility index (Phi) is 7.60. The van der Waals surface area contributed by atoms with Crippen LogP contribution in [0.15, 0.2) is 77.9 Å². The molecule has 0 radical (unpaired) electrons. The van der Waals surface area contributed by atoms with Crippen LogP contribution in [0.2, 0.25) is 0 Å². The maximum Gasteiger partial charge on any atom is 0.261 e. The number of carbonyl (C=O) groups excluding carboxylic acids is 2. The maximum absolute atomic E-state index is 12.6. The summed E-state index contributed by atoms with van der Waals surface area (Å²) in [5.74, 6) is 0.177. The number of benzene rings is 3. The molecule has 184 valence electrons. The van der Waals surface area contributed by atoms with Gasteiger partial charge >= 0.3 is 0 Å². The zero-order chi connectivity index (χ0) is 25.5. The van der Waals surface area contributed by atoms with E-state index >= 15 is 0 Å². The van der Waals surface area contributed by atoms with Crippen molar-refractivity contribution in [2.45, 2.75) is 19.4 Å². The van der Waals surface area contributed by atoms with Crippen molar-refractivity contribution in [3.05, 3.63) is 89.0 Å². The van der Waals surface area contributed by atoms with Crippen LogP contribution in [-0.4, -0.2) is 35.6 Å². The molecule has 0 aliphatic heterocycles. The minimum atomic E-state index is -0.300. The van der Waals surface area contributed by atoms with Crippen LogP contribution in [0, 0.1) is 0 Å². The lowest BCUT2D eigenvalue weighted by Gasteiger charge is -2.16. The van der Waals surface area contributed by atoms with Gasteiger partial charge in [-0.2, -0.15) is 0 Å². The molecule has 2 amide bonds. The number of hydrogen-bond acceptors (Lipinski definition) is 6. The van der Waals surface area contributed by atoms with Crippen LogP contribution in [0.3, 0.4) is 0 Å². The van der Waals surface area contributed by atoms with Gasteiger partial charge in [-0.1, -0.05) is 30.3 Å². The van der Waals surface area contributed by atoms with E-state index in [0.29, 0.717) is 52.3 Å². The summed E-state index contributed by atoms with van der Waals surface area (Å²) in [6, 6.07) is 19.1. The molecule has 36 heavy (non-hydrogen) atoms. The molecular formula is C27H26N4O5. The number of nitrogens with zero attached hydrogens (tertiary/aromatic N) is 2. The van der Waals surface area contributed by atoms with Crippen molar-refractivity contribution in [3.63, 3.8) is 0 Å². The van der Waals surface area contributed by atoms with E-state index in [9.17, 15) is 14.4 Å². The quantitative estimate of drug-likeness (QED) is 0.369. The summed E-state index contributed by atoms with van der Waals surface area (Å²) in [6.07, 6.45) is 2.12. The van der Waals surface area contributed by atoms with E-state index in [-0.39, 0.29) is 23.8 Å². The third kappa shape index (κ3) is 5.52. The van der Waals surface area contributed by atoms with E-state index < -0.39 is 0 Å². The Morgan fingerprint density at radius 2 is 1.53 bits per heavy atom. The van der Waals surface area contributed by atoms with Crippen LogP contribution in [-0.2, 0) is 11.3 Å². The molecule has 0 unspecified atom stereocenters. The molecule has 1 heterocycles. The van der Waals surface area contributed by atoms with E-state index in [0.717, 1.165) is 0 Å². The van der Waals surface area contributed by atoms with Crippen LogP contribution in [0.25, 0.3) is 10.9 Å². The number of hydrogen-bond donors (Lipinski definition) is 2. The maximum atomic E-state index is 12.6. The molecule has 0 spiro atoms. The Labute approximate surface area is 207 Å². The molecule has 0 fully saturated rings. The molecule has 0 saturated carbocycles. The second-order valence-electron chi connectivity index (χ2n) is 7.98. The number of rotatable bonds is 9. The average Bonchev–Trinajstić information content (AvgIpc) is 2.91. The van der Waals surface area contributed by atoms with Crippen molar-refractivity contribution in [2.75, 3.05) is 24.9 Å². The number of nitrogens with one attached hydrogen (secondary N) is 2. The Bertz CT molecular complexity index is 1450. The van der Waals surface area contributed by atoms with Crippen molar-refractivity contribution in [1.82, 2.24) is 9.55 Å². The van der Waals surface area contributed by atoms with Crippen molar-refractivity contribution in [2.24, 2.45) is 0 Å². The first-order valence-electron chi connectivity index (χ1n) is 11.4. The zero-order valence-electron chi connectivity index (χ0n) is 20.0. The van der Waals surface area contributed by atoms with E-state index in [1.54, 1.807) is 54.6 Å². The monoisotopic (exact) mass is 486 g/mol. The second kappa shape index (κ2) is 11.2. The zero-order valence-corrected chi connectivity index (χ0v) is 20.0. The third-order valence-corrected chi connectivity index (χ3v) is 5.61. The predicted octanol–water partition coefficient (Wildman–Crippen LogP) is 4.08. The number of amides is 2. The standard InChI is InChI=1S/C27H26N4O5/c1-35-23-16-22(30-26(33)18-9-4-3-5-10-18)24(36-2)15-21(23)29-25(32)13-8-14-31-17-28-20-12-7-6-11-19(20)27(31)34/h3-7,9-12,15-17H,8,13-14H2,1-2H3,(H,29,32)(H,30,33). The van der Waals surface area contributed by atoms with Crippen LogP contribution in [0.5, 0.6) is 11.5 Å². The lowest BCUT2D eigenvalue weighted by atomic mass is 10.2. The van der Waals surface area contributed by atoms with Gasteiger partial charge in [0.1, 0.15) is 11.5 Å². The molecule has 9 heteroatoms. The van der Waals surface area contributed by atoms with Crippen molar-refractivity contribution >= 4 is 34.1 Å². The minimum Gasteiger partial charge on any atom is -0.494 e.